The number of allylic oxidation sites excluding steroid dienone is 4. The normalized spacial score (nSPS) is 14.8. The molecule has 1 N–H and O–H groups in total. The third kappa shape index (κ3) is 5.67. The van der Waals surface area contributed by atoms with Crippen molar-refractivity contribution in [2.75, 3.05) is 0 Å². The molecule has 1 unspecified atom stereocenters. The molecule has 6 aromatic rings. The van der Waals surface area contributed by atoms with Gasteiger partial charge in [0.05, 0.1) is 28.3 Å². The van der Waals surface area contributed by atoms with Gasteiger partial charge in [-0.05, 0) is 67.6 Å². The summed E-state index contributed by atoms with van der Waals surface area (Å²) in [4.78, 5) is 16.4. The Labute approximate surface area is 283 Å². The lowest BCUT2D eigenvalue weighted by Gasteiger charge is -2.41. The molecule has 7 rings (SSSR count). The Morgan fingerprint density at radius 3 is 2.18 bits per heavy atom. The van der Waals surface area contributed by atoms with Gasteiger partial charge in [0.25, 0.3) is 0 Å². The minimum absolute atomic E-state index is 0.0881. The number of carbonyl (C=O) groups is 1. The molecule has 0 fully saturated rings. The highest BCUT2D eigenvalue weighted by Crippen LogP contribution is 2.46. The van der Waals surface area contributed by atoms with Crippen LogP contribution in [0.1, 0.15) is 37.8 Å². The van der Waals surface area contributed by atoms with Gasteiger partial charge in [0.15, 0.2) is 0 Å². The smallest absolute Gasteiger partial charge is 0.309 e. The van der Waals surface area contributed by atoms with E-state index in [0.717, 1.165) is 28.6 Å². The minimum Gasteiger partial charge on any atom is -0.481 e. The summed E-state index contributed by atoms with van der Waals surface area (Å²) in [5.74, 6) is -2.38. The molecular formula is C41H36F2N4O2. The fourth-order valence-corrected chi connectivity index (χ4v) is 6.89. The summed E-state index contributed by atoms with van der Waals surface area (Å²) in [7, 11) is 0. The first-order valence-electron chi connectivity index (χ1n) is 16.4. The van der Waals surface area contributed by atoms with Gasteiger partial charge < -0.3 is 9.67 Å². The number of carboxylic acids is 1. The van der Waals surface area contributed by atoms with Crippen molar-refractivity contribution in [3.05, 3.63) is 157 Å². The zero-order valence-corrected chi connectivity index (χ0v) is 27.3. The highest BCUT2D eigenvalue weighted by Gasteiger charge is 2.44. The number of carboxylic acid groups (broad SMARTS) is 1. The van der Waals surface area contributed by atoms with Gasteiger partial charge in [0.1, 0.15) is 22.9 Å². The molecule has 0 spiro atoms. The van der Waals surface area contributed by atoms with Crippen LogP contribution in [0, 0.1) is 23.0 Å². The number of fused-ring (bicyclic) bond motifs is 1. The van der Waals surface area contributed by atoms with Crippen molar-refractivity contribution in [3.63, 3.8) is 0 Å². The van der Waals surface area contributed by atoms with E-state index in [9.17, 15) is 9.90 Å². The van der Waals surface area contributed by atoms with Crippen molar-refractivity contribution >= 4 is 17.0 Å². The number of aliphatic carboxylic acids is 1. The summed E-state index contributed by atoms with van der Waals surface area (Å²) < 4.78 is 35.2. The molecule has 1 atom stereocenters. The van der Waals surface area contributed by atoms with Crippen molar-refractivity contribution in [1.82, 2.24) is 19.3 Å². The van der Waals surface area contributed by atoms with Crippen LogP contribution in [0.3, 0.4) is 0 Å². The third-order valence-corrected chi connectivity index (χ3v) is 9.71. The van der Waals surface area contributed by atoms with Crippen LogP contribution in [0.5, 0.6) is 0 Å². The molecular weight excluding hydrogens is 618 g/mol. The highest BCUT2D eigenvalue weighted by molar-refractivity contribution is 5.87. The fraction of sp³-hybridized carbons (Fsp3) is 0.195. The average Bonchev–Trinajstić information content (AvgIpc) is 3.74. The van der Waals surface area contributed by atoms with Crippen molar-refractivity contribution in [1.29, 1.82) is 0 Å². The SMILES string of the molecule is CC(C)(CCn1cnc2ccc(-c3cn(C(c4ccccc4)(c4ccccc4)C4C=CC=CC4)nc3-c3c(F)cccc3F)cc21)C(=O)O. The number of hydrogen-bond donors (Lipinski definition) is 1. The van der Waals surface area contributed by atoms with Gasteiger partial charge in [-0.2, -0.15) is 5.10 Å². The molecule has 2 heterocycles. The molecule has 0 radical (unpaired) electrons. The maximum absolute atomic E-state index is 15.7. The number of aromatic nitrogens is 4. The first-order valence-corrected chi connectivity index (χ1v) is 16.4. The maximum atomic E-state index is 15.7. The Hall–Kier alpha value is -5.63. The number of halogens is 2. The molecule has 0 saturated heterocycles. The van der Waals surface area contributed by atoms with Gasteiger partial charge in [-0.25, -0.2) is 13.8 Å². The van der Waals surface area contributed by atoms with Crippen LogP contribution in [0.4, 0.5) is 8.78 Å². The topological polar surface area (TPSA) is 72.9 Å². The molecule has 49 heavy (non-hydrogen) atoms. The lowest BCUT2D eigenvalue weighted by molar-refractivity contribution is -0.147. The monoisotopic (exact) mass is 654 g/mol. The Morgan fingerprint density at radius 2 is 1.57 bits per heavy atom. The molecule has 0 aliphatic heterocycles. The van der Waals surface area contributed by atoms with Gasteiger partial charge in [-0.1, -0.05) is 97.1 Å². The van der Waals surface area contributed by atoms with Crippen LogP contribution in [-0.2, 0) is 16.9 Å². The molecule has 2 aromatic heterocycles. The molecule has 1 aliphatic rings. The zero-order valence-electron chi connectivity index (χ0n) is 27.3. The van der Waals surface area contributed by atoms with E-state index in [2.05, 4.69) is 41.4 Å². The van der Waals surface area contributed by atoms with E-state index in [1.54, 1.807) is 20.2 Å². The largest absolute Gasteiger partial charge is 0.481 e. The van der Waals surface area contributed by atoms with Crippen LogP contribution in [0.15, 0.2) is 134 Å². The molecule has 0 amide bonds. The lowest BCUT2D eigenvalue weighted by atomic mass is 9.70. The molecule has 4 aromatic carbocycles. The van der Waals surface area contributed by atoms with Gasteiger partial charge >= 0.3 is 5.97 Å². The van der Waals surface area contributed by atoms with Crippen LogP contribution < -0.4 is 0 Å². The molecule has 246 valence electrons. The average molecular weight is 655 g/mol. The molecule has 6 nitrogen and oxygen atoms in total. The van der Waals surface area contributed by atoms with Crippen LogP contribution in [0.2, 0.25) is 0 Å². The van der Waals surface area contributed by atoms with Crippen molar-refractivity contribution < 1.29 is 18.7 Å². The summed E-state index contributed by atoms with van der Waals surface area (Å²) >= 11 is 0. The van der Waals surface area contributed by atoms with Crippen LogP contribution in [-0.4, -0.2) is 30.4 Å². The van der Waals surface area contributed by atoms with Crippen molar-refractivity contribution in [2.45, 2.75) is 38.8 Å². The summed E-state index contributed by atoms with van der Waals surface area (Å²) in [5, 5.41) is 14.8. The molecule has 8 heteroatoms. The Bertz CT molecular complexity index is 2140. The standard InChI is InChI=1S/C41H36F2N4O2/c1-40(2,39(48)49)23-24-46-27-44-35-22-21-28(25-36(35)46)32-26-47(45-38(32)37-33(42)19-12-20-34(37)43)41(29-13-6-3-7-14-29,30-15-8-4-9-16-30)31-17-10-5-11-18-31/h3-17,19-22,25-27,31H,18,23-24H2,1-2H3,(H,48,49). The van der Waals surface area contributed by atoms with Crippen molar-refractivity contribution in [2.24, 2.45) is 11.3 Å². The first kappa shape index (κ1) is 31.9. The number of hydrogen-bond acceptors (Lipinski definition) is 3. The second-order valence-electron chi connectivity index (χ2n) is 13.2. The van der Waals surface area contributed by atoms with Crippen LogP contribution in [0.25, 0.3) is 33.4 Å². The predicted molar refractivity (Wildman–Crippen MR) is 188 cm³/mol. The Balaban J connectivity index is 1.49. The van der Waals surface area contributed by atoms with Crippen LogP contribution >= 0.6 is 0 Å². The quantitative estimate of drug-likeness (QED) is 0.160. The fourth-order valence-electron chi connectivity index (χ4n) is 6.89. The van der Waals surface area contributed by atoms with Gasteiger partial charge in [0.2, 0.25) is 0 Å². The summed E-state index contributed by atoms with van der Waals surface area (Å²) in [5.41, 5.74) is 2.89. The van der Waals surface area contributed by atoms with Gasteiger partial charge in [-0.15, -0.1) is 0 Å². The van der Waals surface area contributed by atoms with E-state index in [1.165, 1.54) is 18.2 Å². The van der Waals surface area contributed by atoms with E-state index in [0.29, 0.717) is 24.1 Å². The molecule has 0 bridgehead atoms. The zero-order chi connectivity index (χ0) is 34.2. The second-order valence-corrected chi connectivity index (χ2v) is 13.2. The van der Waals surface area contributed by atoms with Gasteiger partial charge in [0, 0.05) is 24.2 Å². The summed E-state index contributed by atoms with van der Waals surface area (Å²) in [6.45, 7) is 3.83. The van der Waals surface area contributed by atoms with E-state index >= 15 is 8.78 Å². The van der Waals surface area contributed by atoms with E-state index < -0.39 is 28.6 Å². The number of rotatable bonds is 10. The number of nitrogens with zero attached hydrogens (tertiary/aromatic N) is 4. The maximum Gasteiger partial charge on any atom is 0.309 e. The van der Waals surface area contributed by atoms with Crippen molar-refractivity contribution in [3.8, 4) is 22.4 Å². The Kier molecular flexibility index (Phi) is 8.32. The summed E-state index contributed by atoms with van der Waals surface area (Å²) in [6.07, 6.45) is 13.1. The number of benzene rings is 4. The number of aryl methyl sites for hydroxylation is 1. The van der Waals surface area contributed by atoms with E-state index in [1.807, 2.05) is 82.2 Å². The molecule has 1 aliphatic carbocycles. The number of imidazole rings is 1. The highest BCUT2D eigenvalue weighted by atomic mass is 19.1. The lowest BCUT2D eigenvalue weighted by Crippen LogP contribution is -2.43. The first-order chi connectivity index (χ1) is 23.7. The minimum atomic E-state index is -0.925. The third-order valence-electron chi connectivity index (χ3n) is 9.71. The molecule has 0 saturated carbocycles. The van der Waals surface area contributed by atoms with Gasteiger partial charge in [-0.3, -0.25) is 9.48 Å². The summed E-state index contributed by atoms with van der Waals surface area (Å²) in [6, 6.07) is 29.8. The van der Waals surface area contributed by atoms with E-state index in [4.69, 9.17) is 5.10 Å². The second kappa shape index (κ2) is 12.8. The predicted octanol–water partition coefficient (Wildman–Crippen LogP) is 9.27. The van der Waals surface area contributed by atoms with E-state index in [-0.39, 0.29) is 17.2 Å². The Morgan fingerprint density at radius 1 is 0.898 bits per heavy atom.